The van der Waals surface area contributed by atoms with Gasteiger partial charge < -0.3 is 15.2 Å². The highest BCUT2D eigenvalue weighted by atomic mass is 32.2. The van der Waals surface area contributed by atoms with Crippen molar-refractivity contribution < 1.29 is 14.6 Å². The molecule has 1 saturated heterocycles. The van der Waals surface area contributed by atoms with Crippen LogP contribution < -0.4 is 10.1 Å². The summed E-state index contributed by atoms with van der Waals surface area (Å²) in [4.78, 5) is 12.3. The van der Waals surface area contributed by atoms with Gasteiger partial charge in [-0.1, -0.05) is 79.6 Å². The summed E-state index contributed by atoms with van der Waals surface area (Å²) in [5.74, 6) is 1.18. The molecular weight excluding hydrogens is 414 g/mol. The van der Waals surface area contributed by atoms with Gasteiger partial charge in [-0.3, -0.25) is 4.79 Å². The van der Waals surface area contributed by atoms with Crippen LogP contribution in [0.3, 0.4) is 0 Å². The largest absolute Gasteiger partial charge is 0.491 e. The lowest BCUT2D eigenvalue weighted by atomic mass is 9.84. The fraction of sp³-hybridized carbons (Fsp3) is 0.333. The second kappa shape index (κ2) is 9.77. The number of aliphatic hydroxyl groups excluding tert-OH is 1. The average Bonchev–Trinajstić information content (AvgIpc) is 3.10. The van der Waals surface area contributed by atoms with Crippen molar-refractivity contribution in [1.82, 2.24) is 5.32 Å². The summed E-state index contributed by atoms with van der Waals surface area (Å²) in [5.41, 5.74) is 3.14. The number of aliphatic hydroxyl groups is 1. The van der Waals surface area contributed by atoms with E-state index in [1.165, 1.54) is 49.4 Å². The molecule has 4 rings (SSSR count). The Morgan fingerprint density at radius 3 is 2.43 bits per heavy atom. The summed E-state index contributed by atoms with van der Waals surface area (Å²) in [5, 5.41) is 13.1. The summed E-state index contributed by atoms with van der Waals surface area (Å²) >= 11 is 6.26. The molecule has 1 amide bonds. The van der Waals surface area contributed by atoms with Crippen LogP contribution in [0, 0.1) is 0 Å². The molecule has 1 aliphatic carbocycles. The monoisotopic (exact) mass is 439 g/mol. The Kier molecular flexibility index (Phi) is 6.87. The molecule has 6 heteroatoms. The van der Waals surface area contributed by atoms with Gasteiger partial charge in [0.25, 0.3) is 5.91 Å². The number of thiocarbonyl (C=S) groups is 1. The molecule has 0 bridgehead atoms. The smallest absolute Gasteiger partial charge is 0.263 e. The Hall–Kier alpha value is -2.15. The fourth-order valence-corrected chi connectivity index (χ4v) is 4.97. The van der Waals surface area contributed by atoms with Crippen LogP contribution in [0.1, 0.15) is 60.8 Å². The van der Waals surface area contributed by atoms with Crippen LogP contribution in [0.5, 0.6) is 5.75 Å². The van der Waals surface area contributed by atoms with Gasteiger partial charge in [0.15, 0.2) is 0 Å². The van der Waals surface area contributed by atoms with E-state index in [-0.39, 0.29) is 12.5 Å². The van der Waals surface area contributed by atoms with Gasteiger partial charge in [-0.25, -0.2) is 0 Å². The molecule has 0 spiro atoms. The molecule has 0 radical (unpaired) electrons. The number of amides is 1. The van der Waals surface area contributed by atoms with Crippen LogP contribution in [-0.2, 0) is 4.79 Å². The third-order valence-electron chi connectivity index (χ3n) is 5.63. The van der Waals surface area contributed by atoms with Crippen molar-refractivity contribution in [3.63, 3.8) is 0 Å². The zero-order valence-electron chi connectivity index (χ0n) is 16.7. The molecule has 2 fully saturated rings. The number of carbonyl (C=O) groups excluding carboxylic acids is 1. The third kappa shape index (κ3) is 5.31. The van der Waals surface area contributed by atoms with Crippen molar-refractivity contribution in [3.05, 3.63) is 70.1 Å². The molecule has 1 atom stereocenters. The predicted molar refractivity (Wildman–Crippen MR) is 125 cm³/mol. The molecular formula is C24H25NO3S2. The van der Waals surface area contributed by atoms with E-state index in [0.29, 0.717) is 20.9 Å². The number of nitrogens with one attached hydrogen (secondary N) is 1. The highest BCUT2D eigenvalue weighted by molar-refractivity contribution is 8.26. The first kappa shape index (κ1) is 21.1. The van der Waals surface area contributed by atoms with Crippen molar-refractivity contribution in [2.45, 2.75) is 44.1 Å². The Bertz CT molecular complexity index is 932. The standard InChI is InChI=1S/C24H25NO3S2/c26-21(19-10-8-18(9-11-19)17-4-2-1-3-5-17)15-28-20-12-6-16(7-13-20)14-22-23(27)25-24(29)30-22/h6-14,17,21,26H,1-5,15H2,(H,25,27,29)/b22-14-. The van der Waals surface area contributed by atoms with E-state index in [1.54, 1.807) is 6.08 Å². The number of hydrogen-bond donors (Lipinski definition) is 2. The lowest BCUT2D eigenvalue weighted by Crippen LogP contribution is -2.17. The molecule has 2 aliphatic rings. The molecule has 4 nitrogen and oxygen atoms in total. The Morgan fingerprint density at radius 2 is 1.80 bits per heavy atom. The van der Waals surface area contributed by atoms with Gasteiger partial charge in [0, 0.05) is 0 Å². The number of thioether (sulfide) groups is 1. The maximum absolute atomic E-state index is 11.7. The molecule has 30 heavy (non-hydrogen) atoms. The predicted octanol–water partition coefficient (Wildman–Crippen LogP) is 5.34. The highest BCUT2D eigenvalue weighted by Gasteiger charge is 2.22. The molecule has 1 saturated carbocycles. The molecule has 2 aromatic rings. The summed E-state index contributed by atoms with van der Waals surface area (Å²) in [6, 6.07) is 15.8. The average molecular weight is 440 g/mol. The van der Waals surface area contributed by atoms with Gasteiger partial charge in [0.1, 0.15) is 22.8 Å². The molecule has 1 aliphatic heterocycles. The summed E-state index contributed by atoms with van der Waals surface area (Å²) in [6.45, 7) is 0.190. The van der Waals surface area contributed by atoms with Crippen LogP contribution in [0.2, 0.25) is 0 Å². The Morgan fingerprint density at radius 1 is 1.10 bits per heavy atom. The summed E-state index contributed by atoms with van der Waals surface area (Å²) in [6.07, 6.45) is 7.65. The van der Waals surface area contributed by atoms with Crippen LogP contribution in [0.25, 0.3) is 6.08 Å². The van der Waals surface area contributed by atoms with Gasteiger partial charge in [0.05, 0.1) is 4.91 Å². The van der Waals surface area contributed by atoms with Crippen LogP contribution >= 0.6 is 24.0 Å². The molecule has 156 valence electrons. The number of benzene rings is 2. The van der Waals surface area contributed by atoms with Crippen molar-refractivity contribution in [3.8, 4) is 5.75 Å². The van der Waals surface area contributed by atoms with Crippen LogP contribution in [0.4, 0.5) is 0 Å². The van der Waals surface area contributed by atoms with Gasteiger partial charge in [-0.15, -0.1) is 0 Å². The SMILES string of the molecule is O=C1NC(=S)S/C1=C\c1ccc(OCC(O)c2ccc(C3CCCCC3)cc2)cc1. The maximum atomic E-state index is 11.7. The number of hydrogen-bond acceptors (Lipinski definition) is 5. The van der Waals surface area contributed by atoms with E-state index in [0.717, 1.165) is 11.1 Å². The normalized spacial score (nSPS) is 19.7. The van der Waals surface area contributed by atoms with Crippen LogP contribution in [0.15, 0.2) is 53.4 Å². The van der Waals surface area contributed by atoms with E-state index in [9.17, 15) is 9.90 Å². The van der Waals surface area contributed by atoms with Gasteiger partial charge in [-0.05, 0) is 53.7 Å². The number of rotatable bonds is 6. The third-order valence-corrected chi connectivity index (χ3v) is 6.79. The van der Waals surface area contributed by atoms with Gasteiger partial charge in [-0.2, -0.15) is 0 Å². The minimum Gasteiger partial charge on any atom is -0.491 e. The molecule has 1 heterocycles. The minimum atomic E-state index is -0.674. The lowest BCUT2D eigenvalue weighted by Gasteiger charge is -2.22. The topological polar surface area (TPSA) is 58.6 Å². The van der Waals surface area contributed by atoms with E-state index < -0.39 is 6.10 Å². The zero-order valence-corrected chi connectivity index (χ0v) is 18.3. The van der Waals surface area contributed by atoms with Gasteiger partial charge in [0.2, 0.25) is 0 Å². The first-order valence-corrected chi connectivity index (χ1v) is 11.6. The summed E-state index contributed by atoms with van der Waals surface area (Å²) in [7, 11) is 0. The van der Waals surface area contributed by atoms with Crippen molar-refractivity contribution in [2.75, 3.05) is 6.61 Å². The van der Waals surface area contributed by atoms with E-state index in [1.807, 2.05) is 36.4 Å². The van der Waals surface area contributed by atoms with E-state index in [2.05, 4.69) is 17.4 Å². The van der Waals surface area contributed by atoms with Crippen molar-refractivity contribution in [1.29, 1.82) is 0 Å². The minimum absolute atomic E-state index is 0.164. The van der Waals surface area contributed by atoms with Crippen molar-refractivity contribution >= 4 is 40.3 Å². The lowest BCUT2D eigenvalue weighted by molar-refractivity contribution is -0.115. The van der Waals surface area contributed by atoms with Crippen LogP contribution in [-0.4, -0.2) is 21.9 Å². The number of carbonyl (C=O) groups is 1. The second-order valence-electron chi connectivity index (χ2n) is 7.75. The Labute approximate surface area is 186 Å². The Balaban J connectivity index is 1.31. The zero-order chi connectivity index (χ0) is 20.9. The fourth-order valence-electron chi connectivity index (χ4n) is 3.93. The summed E-state index contributed by atoms with van der Waals surface area (Å²) < 4.78 is 6.23. The van der Waals surface area contributed by atoms with Gasteiger partial charge >= 0.3 is 0 Å². The van der Waals surface area contributed by atoms with Crippen molar-refractivity contribution in [2.24, 2.45) is 0 Å². The maximum Gasteiger partial charge on any atom is 0.263 e. The first-order valence-electron chi connectivity index (χ1n) is 10.3. The highest BCUT2D eigenvalue weighted by Crippen LogP contribution is 2.33. The quantitative estimate of drug-likeness (QED) is 0.470. The molecule has 0 aromatic heterocycles. The first-order chi connectivity index (χ1) is 14.6. The molecule has 1 unspecified atom stereocenters. The second-order valence-corrected chi connectivity index (χ2v) is 9.47. The van der Waals surface area contributed by atoms with E-state index >= 15 is 0 Å². The number of ether oxygens (including phenoxy) is 1. The van der Waals surface area contributed by atoms with E-state index in [4.69, 9.17) is 17.0 Å². The molecule has 2 aromatic carbocycles. The molecule has 2 N–H and O–H groups in total.